The lowest BCUT2D eigenvalue weighted by molar-refractivity contribution is -0.121. The Morgan fingerprint density at radius 3 is 2.60 bits per heavy atom. The second kappa shape index (κ2) is 9.80. The number of fused-ring (bicyclic) bond motifs is 1. The van der Waals surface area contributed by atoms with Gasteiger partial charge < -0.3 is 15.6 Å². The standard InChI is InChI=1S/C27H25ClN4O3/c28-22-16-29-24-15-17(8-13-20(22)24)26(34)31-23-6-2-1-5-21(23)27(35)30-18-9-11-19(12-10-18)32-14-4-3-7-25(32)33/h3-4,7-16,21,23,29H,1-2,5-6H2,(H,30,35)(H,31,34)/t21-,23?/m0/s1. The molecule has 1 aliphatic carbocycles. The van der Waals surface area contributed by atoms with E-state index in [2.05, 4.69) is 15.6 Å². The fraction of sp³-hybridized carbons (Fsp3) is 0.222. The minimum Gasteiger partial charge on any atom is -0.360 e. The molecule has 0 aliphatic heterocycles. The largest absolute Gasteiger partial charge is 0.360 e. The van der Waals surface area contributed by atoms with Gasteiger partial charge in [-0.05, 0) is 55.3 Å². The van der Waals surface area contributed by atoms with Gasteiger partial charge >= 0.3 is 0 Å². The van der Waals surface area contributed by atoms with E-state index < -0.39 is 0 Å². The molecular weight excluding hydrogens is 464 g/mol. The lowest BCUT2D eigenvalue weighted by atomic mass is 9.83. The fourth-order valence-corrected chi connectivity index (χ4v) is 4.90. The number of halogens is 1. The molecule has 0 saturated heterocycles. The van der Waals surface area contributed by atoms with E-state index in [1.807, 2.05) is 6.07 Å². The Balaban J connectivity index is 1.27. The lowest BCUT2D eigenvalue weighted by Gasteiger charge is -2.31. The van der Waals surface area contributed by atoms with E-state index in [1.165, 1.54) is 10.6 Å². The molecule has 1 unspecified atom stereocenters. The highest BCUT2D eigenvalue weighted by molar-refractivity contribution is 6.35. The molecule has 2 aromatic carbocycles. The van der Waals surface area contributed by atoms with E-state index in [4.69, 9.17) is 11.6 Å². The average Bonchev–Trinajstić information content (AvgIpc) is 3.25. The monoisotopic (exact) mass is 488 g/mol. The van der Waals surface area contributed by atoms with Gasteiger partial charge in [0.1, 0.15) is 0 Å². The molecule has 2 amide bonds. The number of hydrogen-bond acceptors (Lipinski definition) is 3. The summed E-state index contributed by atoms with van der Waals surface area (Å²) in [4.78, 5) is 41.2. The van der Waals surface area contributed by atoms with Crippen LogP contribution in [0.15, 0.2) is 77.9 Å². The average molecular weight is 489 g/mol. The van der Waals surface area contributed by atoms with Crippen molar-refractivity contribution < 1.29 is 9.59 Å². The molecule has 2 aromatic heterocycles. The molecule has 7 nitrogen and oxygen atoms in total. The molecule has 8 heteroatoms. The molecule has 2 atom stereocenters. The number of aromatic nitrogens is 2. The van der Waals surface area contributed by atoms with Gasteiger partial charge in [-0.3, -0.25) is 19.0 Å². The third-order valence-corrected chi connectivity index (χ3v) is 6.86. The van der Waals surface area contributed by atoms with E-state index in [-0.39, 0.29) is 29.3 Å². The number of amides is 2. The van der Waals surface area contributed by atoms with Crippen LogP contribution in [0.1, 0.15) is 36.0 Å². The van der Waals surface area contributed by atoms with Crippen molar-refractivity contribution in [2.75, 3.05) is 5.32 Å². The second-order valence-electron chi connectivity index (χ2n) is 8.81. The van der Waals surface area contributed by atoms with Crippen molar-refractivity contribution in [3.8, 4) is 5.69 Å². The highest BCUT2D eigenvalue weighted by atomic mass is 35.5. The van der Waals surface area contributed by atoms with Crippen LogP contribution in [0.2, 0.25) is 5.02 Å². The number of nitrogens with one attached hydrogen (secondary N) is 3. The molecule has 0 spiro atoms. The zero-order chi connectivity index (χ0) is 24.4. The van der Waals surface area contributed by atoms with Gasteiger partial charge in [0.05, 0.1) is 10.9 Å². The summed E-state index contributed by atoms with van der Waals surface area (Å²) >= 11 is 6.14. The first-order valence-corrected chi connectivity index (χ1v) is 12.0. The summed E-state index contributed by atoms with van der Waals surface area (Å²) in [7, 11) is 0. The van der Waals surface area contributed by atoms with Gasteiger partial charge in [0.25, 0.3) is 11.5 Å². The number of carbonyl (C=O) groups excluding carboxylic acids is 2. The van der Waals surface area contributed by atoms with Crippen LogP contribution in [-0.2, 0) is 4.79 Å². The Hall–Kier alpha value is -3.84. The molecule has 0 radical (unpaired) electrons. The number of aromatic amines is 1. The molecule has 35 heavy (non-hydrogen) atoms. The first kappa shape index (κ1) is 22.9. The first-order valence-electron chi connectivity index (χ1n) is 11.7. The number of hydrogen-bond donors (Lipinski definition) is 3. The minimum absolute atomic E-state index is 0.119. The quantitative estimate of drug-likeness (QED) is 0.373. The molecule has 1 saturated carbocycles. The van der Waals surface area contributed by atoms with Crippen molar-refractivity contribution in [1.82, 2.24) is 14.9 Å². The summed E-state index contributed by atoms with van der Waals surface area (Å²) in [6.07, 6.45) is 6.75. The van der Waals surface area contributed by atoms with Crippen LogP contribution in [0, 0.1) is 5.92 Å². The maximum Gasteiger partial charge on any atom is 0.255 e. The Bertz CT molecular complexity index is 1440. The molecule has 5 rings (SSSR count). The number of nitrogens with zero attached hydrogens (tertiary/aromatic N) is 1. The molecule has 4 aromatic rings. The highest BCUT2D eigenvalue weighted by Crippen LogP contribution is 2.27. The van der Waals surface area contributed by atoms with Crippen LogP contribution >= 0.6 is 11.6 Å². The number of rotatable bonds is 5. The Kier molecular flexibility index (Phi) is 6.42. The Morgan fingerprint density at radius 1 is 1.00 bits per heavy atom. The predicted molar refractivity (Wildman–Crippen MR) is 137 cm³/mol. The number of H-pyrrole nitrogens is 1. The summed E-state index contributed by atoms with van der Waals surface area (Å²) < 4.78 is 1.54. The van der Waals surface area contributed by atoms with Gasteiger partial charge in [0.2, 0.25) is 5.91 Å². The minimum atomic E-state index is -0.326. The van der Waals surface area contributed by atoms with Gasteiger partial charge in [0, 0.05) is 52.3 Å². The van der Waals surface area contributed by atoms with Crippen LogP contribution in [0.5, 0.6) is 0 Å². The Morgan fingerprint density at radius 2 is 1.80 bits per heavy atom. The van der Waals surface area contributed by atoms with E-state index in [9.17, 15) is 14.4 Å². The molecule has 1 aliphatic rings. The number of pyridine rings is 1. The van der Waals surface area contributed by atoms with Crippen LogP contribution in [0.3, 0.4) is 0 Å². The summed E-state index contributed by atoms with van der Waals surface area (Å²) in [5, 5.41) is 7.53. The van der Waals surface area contributed by atoms with Crippen molar-refractivity contribution in [1.29, 1.82) is 0 Å². The third kappa shape index (κ3) is 4.86. The van der Waals surface area contributed by atoms with Gasteiger partial charge in [-0.15, -0.1) is 0 Å². The van der Waals surface area contributed by atoms with E-state index in [1.54, 1.807) is 60.9 Å². The van der Waals surface area contributed by atoms with Crippen molar-refractivity contribution in [3.05, 3.63) is 94.0 Å². The maximum absolute atomic E-state index is 13.1. The lowest BCUT2D eigenvalue weighted by Crippen LogP contribution is -2.46. The van der Waals surface area contributed by atoms with E-state index in [0.29, 0.717) is 22.7 Å². The second-order valence-corrected chi connectivity index (χ2v) is 9.22. The van der Waals surface area contributed by atoms with Crippen molar-refractivity contribution in [2.24, 2.45) is 5.92 Å². The van der Waals surface area contributed by atoms with Crippen molar-refractivity contribution in [2.45, 2.75) is 31.7 Å². The summed E-state index contributed by atoms with van der Waals surface area (Å²) in [5.74, 6) is -0.654. The molecule has 2 heterocycles. The number of carbonyl (C=O) groups is 2. The van der Waals surface area contributed by atoms with Crippen molar-refractivity contribution in [3.63, 3.8) is 0 Å². The van der Waals surface area contributed by atoms with E-state index >= 15 is 0 Å². The molecule has 3 N–H and O–H groups in total. The molecule has 1 fully saturated rings. The predicted octanol–water partition coefficient (Wildman–Crippen LogP) is 4.90. The summed E-state index contributed by atoms with van der Waals surface area (Å²) in [6.45, 7) is 0. The van der Waals surface area contributed by atoms with Gasteiger partial charge in [-0.1, -0.05) is 36.6 Å². The SMILES string of the molecule is O=C(NC1CCCC[C@@H]1C(=O)Nc1ccc(-n2ccccc2=O)cc1)c1ccc2c(Cl)c[nH]c2c1. The number of anilines is 1. The van der Waals surface area contributed by atoms with Crippen LogP contribution in [0.4, 0.5) is 5.69 Å². The fourth-order valence-electron chi connectivity index (χ4n) is 4.68. The highest BCUT2D eigenvalue weighted by Gasteiger charge is 2.32. The summed E-state index contributed by atoms with van der Waals surface area (Å²) in [5.41, 5.74) is 2.56. The van der Waals surface area contributed by atoms with Crippen LogP contribution in [-0.4, -0.2) is 27.4 Å². The molecular formula is C27H25ClN4O3. The first-order chi connectivity index (χ1) is 17.0. The summed E-state index contributed by atoms with van der Waals surface area (Å²) in [6, 6.07) is 17.2. The van der Waals surface area contributed by atoms with E-state index in [0.717, 1.165) is 35.9 Å². The number of benzene rings is 2. The van der Waals surface area contributed by atoms with Gasteiger partial charge in [-0.25, -0.2) is 0 Å². The molecule has 178 valence electrons. The normalized spacial score (nSPS) is 17.7. The van der Waals surface area contributed by atoms with Crippen molar-refractivity contribution >= 4 is 40.0 Å². The van der Waals surface area contributed by atoms with Gasteiger partial charge in [0.15, 0.2) is 0 Å². The smallest absolute Gasteiger partial charge is 0.255 e. The van der Waals surface area contributed by atoms with Crippen LogP contribution < -0.4 is 16.2 Å². The van der Waals surface area contributed by atoms with Crippen LogP contribution in [0.25, 0.3) is 16.6 Å². The topological polar surface area (TPSA) is 96.0 Å². The zero-order valence-corrected chi connectivity index (χ0v) is 19.7. The third-order valence-electron chi connectivity index (χ3n) is 6.55. The van der Waals surface area contributed by atoms with Gasteiger partial charge in [-0.2, -0.15) is 0 Å². The molecule has 0 bridgehead atoms. The maximum atomic E-state index is 13.1. The Labute approximate surface area is 207 Å². The zero-order valence-electron chi connectivity index (χ0n) is 19.0.